The standard InChI is InChI=1S/C17H18N2/c1-3-19-17(15-12-8-5-9-13-15)16(18-2)14-10-6-4-7-11-14/h4-13H,3H2,1-2H3/b18-16-,19-17-. The molecule has 19 heavy (non-hydrogen) atoms. The van der Waals surface area contributed by atoms with Crippen LogP contribution in [0, 0.1) is 0 Å². The third-order valence-corrected chi connectivity index (χ3v) is 2.86. The molecule has 0 spiro atoms. The number of hydrogen-bond acceptors (Lipinski definition) is 2. The van der Waals surface area contributed by atoms with Crippen molar-refractivity contribution < 1.29 is 0 Å². The highest BCUT2D eigenvalue weighted by Gasteiger charge is 2.12. The van der Waals surface area contributed by atoms with E-state index >= 15 is 0 Å². The van der Waals surface area contributed by atoms with Crippen molar-refractivity contribution in [3.8, 4) is 0 Å². The minimum absolute atomic E-state index is 0.746. The Kier molecular flexibility index (Phi) is 4.62. The van der Waals surface area contributed by atoms with Gasteiger partial charge in [-0.25, -0.2) is 0 Å². The van der Waals surface area contributed by atoms with Gasteiger partial charge in [0.2, 0.25) is 0 Å². The third-order valence-electron chi connectivity index (χ3n) is 2.86. The quantitative estimate of drug-likeness (QED) is 0.740. The Labute approximate surface area is 114 Å². The van der Waals surface area contributed by atoms with E-state index in [0.29, 0.717) is 0 Å². The minimum Gasteiger partial charge on any atom is -0.286 e. The number of rotatable bonds is 4. The summed E-state index contributed by atoms with van der Waals surface area (Å²) in [5.74, 6) is 0. The van der Waals surface area contributed by atoms with E-state index < -0.39 is 0 Å². The fourth-order valence-electron chi connectivity index (χ4n) is 2.02. The molecule has 2 aromatic rings. The van der Waals surface area contributed by atoms with Crippen LogP contribution in [0.5, 0.6) is 0 Å². The lowest BCUT2D eigenvalue weighted by Crippen LogP contribution is -2.17. The molecule has 0 unspecified atom stereocenters. The third kappa shape index (κ3) is 3.16. The maximum atomic E-state index is 4.63. The highest BCUT2D eigenvalue weighted by atomic mass is 14.8. The Hall–Kier alpha value is -2.22. The first-order chi connectivity index (χ1) is 9.36. The van der Waals surface area contributed by atoms with Crippen molar-refractivity contribution in [3.05, 3.63) is 71.8 Å². The average Bonchev–Trinajstić information content (AvgIpc) is 2.49. The Morgan fingerprint density at radius 2 is 1.26 bits per heavy atom. The fraction of sp³-hybridized carbons (Fsp3) is 0.176. The SMILES string of the molecule is CC/N=C(\C(=N/C)c1ccccc1)c1ccccc1. The molecule has 0 aliphatic rings. The molecule has 0 aliphatic carbocycles. The van der Waals surface area contributed by atoms with Gasteiger partial charge in [-0.05, 0) is 6.92 Å². The second-order valence-electron chi connectivity index (χ2n) is 4.13. The predicted molar refractivity (Wildman–Crippen MR) is 82.4 cm³/mol. The lowest BCUT2D eigenvalue weighted by atomic mass is 9.99. The summed E-state index contributed by atoms with van der Waals surface area (Å²) in [6, 6.07) is 20.4. The molecular formula is C17H18N2. The first-order valence-corrected chi connectivity index (χ1v) is 6.49. The van der Waals surface area contributed by atoms with Gasteiger partial charge < -0.3 is 0 Å². The van der Waals surface area contributed by atoms with E-state index in [2.05, 4.69) is 34.3 Å². The highest BCUT2D eigenvalue weighted by molar-refractivity contribution is 6.53. The first kappa shape index (κ1) is 13.2. The van der Waals surface area contributed by atoms with Crippen molar-refractivity contribution >= 4 is 11.4 Å². The Morgan fingerprint density at radius 3 is 1.68 bits per heavy atom. The summed E-state index contributed by atoms with van der Waals surface area (Å²) in [4.78, 5) is 9.07. The largest absolute Gasteiger partial charge is 0.286 e. The Morgan fingerprint density at radius 1 is 0.789 bits per heavy atom. The van der Waals surface area contributed by atoms with Gasteiger partial charge in [-0.3, -0.25) is 9.98 Å². The molecule has 2 heteroatoms. The molecule has 0 aromatic heterocycles. The lowest BCUT2D eigenvalue weighted by Gasteiger charge is -2.10. The molecule has 0 saturated heterocycles. The van der Waals surface area contributed by atoms with Gasteiger partial charge in [-0.2, -0.15) is 0 Å². The van der Waals surface area contributed by atoms with Crippen molar-refractivity contribution in [2.24, 2.45) is 9.98 Å². The van der Waals surface area contributed by atoms with Gasteiger partial charge in [0.15, 0.2) is 0 Å². The monoisotopic (exact) mass is 250 g/mol. The molecule has 0 heterocycles. The van der Waals surface area contributed by atoms with Gasteiger partial charge >= 0.3 is 0 Å². The van der Waals surface area contributed by atoms with Crippen LogP contribution in [0.15, 0.2) is 70.6 Å². The van der Waals surface area contributed by atoms with Crippen LogP contribution in [-0.2, 0) is 0 Å². The van der Waals surface area contributed by atoms with Crippen LogP contribution < -0.4 is 0 Å². The van der Waals surface area contributed by atoms with Crippen LogP contribution in [-0.4, -0.2) is 25.0 Å². The Balaban J connectivity index is 2.48. The van der Waals surface area contributed by atoms with E-state index in [0.717, 1.165) is 29.1 Å². The number of hydrogen-bond donors (Lipinski definition) is 0. The summed E-state index contributed by atoms with van der Waals surface area (Å²) in [5.41, 5.74) is 4.10. The van der Waals surface area contributed by atoms with E-state index in [-0.39, 0.29) is 0 Å². The van der Waals surface area contributed by atoms with Gasteiger partial charge in [-0.1, -0.05) is 60.7 Å². The lowest BCUT2D eigenvalue weighted by molar-refractivity contribution is 1.13. The second-order valence-corrected chi connectivity index (χ2v) is 4.13. The summed E-state index contributed by atoms with van der Waals surface area (Å²) in [6.07, 6.45) is 0. The zero-order chi connectivity index (χ0) is 13.5. The molecule has 0 saturated carbocycles. The summed E-state index contributed by atoms with van der Waals surface area (Å²) in [5, 5.41) is 0. The van der Waals surface area contributed by atoms with Crippen molar-refractivity contribution in [1.82, 2.24) is 0 Å². The molecule has 0 atom stereocenters. The molecule has 0 amide bonds. The Bertz CT molecular complexity index is 569. The van der Waals surface area contributed by atoms with Crippen LogP contribution in [0.25, 0.3) is 0 Å². The van der Waals surface area contributed by atoms with Crippen molar-refractivity contribution in [2.75, 3.05) is 13.6 Å². The van der Waals surface area contributed by atoms with E-state index in [4.69, 9.17) is 0 Å². The summed E-state index contributed by atoms with van der Waals surface area (Å²) >= 11 is 0. The molecule has 2 aromatic carbocycles. The van der Waals surface area contributed by atoms with E-state index in [9.17, 15) is 0 Å². The van der Waals surface area contributed by atoms with Gasteiger partial charge in [0.25, 0.3) is 0 Å². The minimum atomic E-state index is 0.746. The van der Waals surface area contributed by atoms with E-state index in [1.54, 1.807) is 0 Å². The van der Waals surface area contributed by atoms with Crippen molar-refractivity contribution in [1.29, 1.82) is 0 Å². The number of nitrogens with zero attached hydrogens (tertiary/aromatic N) is 2. The highest BCUT2D eigenvalue weighted by Crippen LogP contribution is 2.10. The van der Waals surface area contributed by atoms with Gasteiger partial charge in [0, 0.05) is 24.7 Å². The molecule has 0 fully saturated rings. The molecule has 2 rings (SSSR count). The van der Waals surface area contributed by atoms with E-state index in [1.807, 2.05) is 50.4 Å². The molecule has 0 radical (unpaired) electrons. The van der Waals surface area contributed by atoms with Crippen LogP contribution in [0.2, 0.25) is 0 Å². The zero-order valence-electron chi connectivity index (χ0n) is 11.4. The number of benzene rings is 2. The summed E-state index contributed by atoms with van der Waals surface area (Å²) < 4.78 is 0. The van der Waals surface area contributed by atoms with Crippen molar-refractivity contribution in [3.63, 3.8) is 0 Å². The average molecular weight is 250 g/mol. The van der Waals surface area contributed by atoms with Crippen LogP contribution >= 0.6 is 0 Å². The summed E-state index contributed by atoms with van der Waals surface area (Å²) in [6.45, 7) is 2.79. The molecule has 2 nitrogen and oxygen atoms in total. The number of aliphatic imine (C=N–C) groups is 2. The molecule has 0 aliphatic heterocycles. The maximum Gasteiger partial charge on any atom is 0.0904 e. The smallest absolute Gasteiger partial charge is 0.0904 e. The topological polar surface area (TPSA) is 24.7 Å². The summed E-state index contributed by atoms with van der Waals surface area (Å²) in [7, 11) is 1.82. The molecule has 0 bridgehead atoms. The van der Waals surface area contributed by atoms with Gasteiger partial charge in [0.05, 0.1) is 11.4 Å². The molecule has 96 valence electrons. The first-order valence-electron chi connectivity index (χ1n) is 6.49. The van der Waals surface area contributed by atoms with Crippen LogP contribution in [0.4, 0.5) is 0 Å². The van der Waals surface area contributed by atoms with E-state index in [1.165, 1.54) is 0 Å². The second kappa shape index (κ2) is 6.64. The maximum absolute atomic E-state index is 4.63. The molecular weight excluding hydrogens is 232 g/mol. The normalized spacial score (nSPS) is 12.5. The van der Waals surface area contributed by atoms with Crippen molar-refractivity contribution in [2.45, 2.75) is 6.92 Å². The van der Waals surface area contributed by atoms with Gasteiger partial charge in [-0.15, -0.1) is 0 Å². The van der Waals surface area contributed by atoms with Crippen LogP contribution in [0.1, 0.15) is 18.1 Å². The fourth-order valence-corrected chi connectivity index (χ4v) is 2.02. The molecule has 0 N–H and O–H groups in total. The predicted octanol–water partition coefficient (Wildman–Crippen LogP) is 3.61. The van der Waals surface area contributed by atoms with Gasteiger partial charge in [0.1, 0.15) is 0 Å². The van der Waals surface area contributed by atoms with Crippen LogP contribution in [0.3, 0.4) is 0 Å². The zero-order valence-corrected chi connectivity index (χ0v) is 11.4.